The molecule has 0 heterocycles. The summed E-state index contributed by atoms with van der Waals surface area (Å²) >= 11 is 0. The van der Waals surface area contributed by atoms with Crippen LogP contribution in [0.2, 0.25) is 0 Å². The van der Waals surface area contributed by atoms with E-state index < -0.39 is 11.8 Å². The number of hydrogen-bond donors (Lipinski definition) is 1. The van der Waals surface area contributed by atoms with E-state index >= 15 is 0 Å². The highest BCUT2D eigenvalue weighted by atomic mass is 19.1. The van der Waals surface area contributed by atoms with Gasteiger partial charge in [-0.05, 0) is 43.5 Å². The molecule has 0 amide bonds. The second-order valence-electron chi connectivity index (χ2n) is 5.36. The summed E-state index contributed by atoms with van der Waals surface area (Å²) in [6.45, 7) is 2.65. The first-order chi connectivity index (χ1) is 9.56. The Morgan fingerprint density at radius 2 is 2.25 bits per heavy atom. The van der Waals surface area contributed by atoms with Crippen molar-refractivity contribution in [2.75, 3.05) is 26.8 Å². The minimum Gasteiger partial charge on any atom is -0.478 e. The third-order valence-corrected chi connectivity index (χ3v) is 3.41. The van der Waals surface area contributed by atoms with Gasteiger partial charge in [0.05, 0.1) is 12.2 Å². The van der Waals surface area contributed by atoms with E-state index in [0.717, 1.165) is 25.1 Å². The van der Waals surface area contributed by atoms with Gasteiger partial charge in [0.15, 0.2) is 0 Å². The highest BCUT2D eigenvalue weighted by Crippen LogP contribution is 2.28. The van der Waals surface area contributed by atoms with Crippen molar-refractivity contribution in [3.8, 4) is 0 Å². The number of carboxylic acids is 1. The molecule has 1 aliphatic rings. The number of ether oxygens (including phenoxy) is 1. The van der Waals surface area contributed by atoms with Gasteiger partial charge in [0.2, 0.25) is 0 Å². The predicted molar refractivity (Wildman–Crippen MR) is 73.2 cm³/mol. The van der Waals surface area contributed by atoms with Crippen LogP contribution < -0.4 is 0 Å². The second-order valence-corrected chi connectivity index (χ2v) is 5.36. The summed E-state index contributed by atoms with van der Waals surface area (Å²) in [5.74, 6) is -0.879. The zero-order valence-electron chi connectivity index (χ0n) is 11.6. The molecule has 1 N–H and O–H groups in total. The van der Waals surface area contributed by atoms with Gasteiger partial charge >= 0.3 is 5.97 Å². The first kappa shape index (κ1) is 14.9. The van der Waals surface area contributed by atoms with Gasteiger partial charge in [-0.15, -0.1) is 0 Å². The Hall–Kier alpha value is -1.46. The maximum absolute atomic E-state index is 13.1. The van der Waals surface area contributed by atoms with Crippen LogP contribution >= 0.6 is 0 Å². The molecule has 20 heavy (non-hydrogen) atoms. The molecule has 110 valence electrons. The van der Waals surface area contributed by atoms with Crippen molar-refractivity contribution < 1.29 is 19.0 Å². The zero-order chi connectivity index (χ0) is 14.5. The molecule has 0 atom stereocenters. The fourth-order valence-corrected chi connectivity index (χ4v) is 2.01. The molecule has 1 aromatic carbocycles. The Morgan fingerprint density at radius 1 is 1.50 bits per heavy atom. The molecule has 0 bridgehead atoms. The number of halogens is 1. The van der Waals surface area contributed by atoms with Crippen LogP contribution in [0.1, 0.15) is 28.8 Å². The Labute approximate surface area is 118 Å². The lowest BCUT2D eigenvalue weighted by Crippen LogP contribution is -2.24. The minimum absolute atomic E-state index is 0.0238. The van der Waals surface area contributed by atoms with Gasteiger partial charge < -0.3 is 9.84 Å². The van der Waals surface area contributed by atoms with Crippen LogP contribution in [0.25, 0.3) is 0 Å². The lowest BCUT2D eigenvalue weighted by Gasteiger charge is -2.18. The number of rotatable bonds is 8. The molecule has 1 aliphatic carbocycles. The zero-order valence-corrected chi connectivity index (χ0v) is 11.6. The molecular weight excluding hydrogens is 261 g/mol. The van der Waals surface area contributed by atoms with Crippen molar-refractivity contribution in [2.24, 2.45) is 5.92 Å². The third-order valence-electron chi connectivity index (χ3n) is 3.41. The second kappa shape index (κ2) is 6.81. The van der Waals surface area contributed by atoms with Crippen molar-refractivity contribution in [3.63, 3.8) is 0 Å². The van der Waals surface area contributed by atoms with Crippen LogP contribution in [0.3, 0.4) is 0 Å². The molecule has 4 nitrogen and oxygen atoms in total. The van der Waals surface area contributed by atoms with Crippen molar-refractivity contribution in [2.45, 2.75) is 19.4 Å². The maximum Gasteiger partial charge on any atom is 0.336 e. The van der Waals surface area contributed by atoms with E-state index in [4.69, 9.17) is 9.84 Å². The molecule has 1 fully saturated rings. The summed E-state index contributed by atoms with van der Waals surface area (Å²) in [6, 6.07) is 3.88. The summed E-state index contributed by atoms with van der Waals surface area (Å²) < 4.78 is 18.6. The van der Waals surface area contributed by atoms with E-state index in [1.165, 1.54) is 25.0 Å². The van der Waals surface area contributed by atoms with Crippen LogP contribution in [0.4, 0.5) is 4.39 Å². The molecule has 0 aromatic heterocycles. The van der Waals surface area contributed by atoms with Crippen LogP contribution in [0, 0.1) is 11.7 Å². The maximum atomic E-state index is 13.1. The number of nitrogens with zero attached hydrogens (tertiary/aromatic N) is 1. The van der Waals surface area contributed by atoms with Crippen molar-refractivity contribution >= 4 is 5.97 Å². The fraction of sp³-hybridized carbons (Fsp3) is 0.533. The Morgan fingerprint density at radius 3 is 2.90 bits per heavy atom. The number of benzene rings is 1. The molecule has 0 unspecified atom stereocenters. The summed E-state index contributed by atoms with van der Waals surface area (Å²) in [5, 5.41) is 9.08. The highest BCUT2D eigenvalue weighted by Gasteiger charge is 2.21. The summed E-state index contributed by atoms with van der Waals surface area (Å²) in [4.78, 5) is 13.1. The smallest absolute Gasteiger partial charge is 0.336 e. The molecule has 1 aromatic rings. The average molecular weight is 281 g/mol. The van der Waals surface area contributed by atoms with Gasteiger partial charge in [-0.1, -0.05) is 6.07 Å². The molecule has 2 rings (SSSR count). The predicted octanol–water partition coefficient (Wildman–Crippen LogP) is 2.38. The minimum atomic E-state index is -1.10. The topological polar surface area (TPSA) is 49.8 Å². The van der Waals surface area contributed by atoms with Gasteiger partial charge in [0, 0.05) is 19.7 Å². The van der Waals surface area contributed by atoms with Gasteiger partial charge in [-0.25, -0.2) is 9.18 Å². The van der Waals surface area contributed by atoms with Crippen molar-refractivity contribution in [3.05, 3.63) is 35.1 Å². The molecule has 0 radical (unpaired) electrons. The lowest BCUT2D eigenvalue weighted by molar-refractivity contribution is 0.0693. The number of likely N-dealkylation sites (N-methyl/N-ethyl adjacent to an activating group) is 1. The van der Waals surface area contributed by atoms with E-state index in [9.17, 15) is 9.18 Å². The van der Waals surface area contributed by atoms with Gasteiger partial charge in [0.25, 0.3) is 0 Å². The summed E-state index contributed by atoms with van der Waals surface area (Å²) in [7, 11) is 1.90. The van der Waals surface area contributed by atoms with Crippen LogP contribution in [-0.4, -0.2) is 42.8 Å². The van der Waals surface area contributed by atoms with Gasteiger partial charge in [-0.3, -0.25) is 4.90 Å². The Balaban J connectivity index is 1.82. The van der Waals surface area contributed by atoms with Crippen LogP contribution in [0.5, 0.6) is 0 Å². The van der Waals surface area contributed by atoms with Crippen LogP contribution in [0.15, 0.2) is 18.2 Å². The fourth-order valence-electron chi connectivity index (χ4n) is 2.01. The van der Waals surface area contributed by atoms with E-state index in [1.54, 1.807) is 0 Å². The van der Waals surface area contributed by atoms with E-state index in [-0.39, 0.29) is 5.56 Å². The van der Waals surface area contributed by atoms with E-state index in [0.29, 0.717) is 18.7 Å². The highest BCUT2D eigenvalue weighted by molar-refractivity contribution is 5.89. The molecule has 0 saturated heterocycles. The summed E-state index contributed by atoms with van der Waals surface area (Å²) in [6.07, 6.45) is 2.54. The lowest BCUT2D eigenvalue weighted by atomic mass is 10.1. The number of carboxylic acid groups (broad SMARTS) is 1. The van der Waals surface area contributed by atoms with Crippen LogP contribution in [-0.2, 0) is 11.3 Å². The van der Waals surface area contributed by atoms with Crippen molar-refractivity contribution in [1.82, 2.24) is 4.90 Å². The Bertz CT molecular complexity index is 474. The molecule has 5 heteroatoms. The monoisotopic (exact) mass is 281 g/mol. The standard InChI is InChI=1S/C15H20FNO3/c1-17(6-7-20-10-11-2-3-11)9-12-4-5-13(16)8-14(12)15(18)19/h4-5,8,11H,2-3,6-7,9-10H2,1H3,(H,18,19). The largest absolute Gasteiger partial charge is 0.478 e. The van der Waals surface area contributed by atoms with Crippen molar-refractivity contribution in [1.29, 1.82) is 0 Å². The average Bonchev–Trinajstić information content (AvgIpc) is 3.21. The number of carbonyl (C=O) groups is 1. The number of hydrogen-bond acceptors (Lipinski definition) is 3. The molecular formula is C15H20FNO3. The first-order valence-electron chi connectivity index (χ1n) is 6.84. The quantitative estimate of drug-likeness (QED) is 0.743. The number of aromatic carboxylic acids is 1. The molecule has 1 saturated carbocycles. The first-order valence-corrected chi connectivity index (χ1v) is 6.84. The molecule has 0 spiro atoms. The van der Waals surface area contributed by atoms with E-state index in [1.807, 2.05) is 11.9 Å². The van der Waals surface area contributed by atoms with Gasteiger partial charge in [0.1, 0.15) is 5.82 Å². The SMILES string of the molecule is CN(CCOCC1CC1)Cc1ccc(F)cc1C(=O)O. The Kier molecular flexibility index (Phi) is 5.09. The third kappa shape index (κ3) is 4.58. The van der Waals surface area contributed by atoms with E-state index in [2.05, 4.69) is 0 Å². The molecule has 0 aliphatic heterocycles. The van der Waals surface area contributed by atoms with Gasteiger partial charge in [-0.2, -0.15) is 0 Å². The normalized spacial score (nSPS) is 14.8. The summed E-state index contributed by atoms with van der Waals surface area (Å²) in [5.41, 5.74) is 0.638.